The highest BCUT2D eigenvalue weighted by Gasteiger charge is 2.27. The van der Waals surface area contributed by atoms with Gasteiger partial charge in [-0.25, -0.2) is 4.79 Å². The Hall–Kier alpha value is -1.10. The van der Waals surface area contributed by atoms with Crippen LogP contribution in [0.25, 0.3) is 0 Å². The molecule has 1 atom stereocenters. The number of aliphatic carboxylic acids is 1. The molecule has 0 fully saturated rings. The molecule has 0 saturated carbocycles. The first-order valence-electron chi connectivity index (χ1n) is 19.0. The third kappa shape index (κ3) is 32.1. The molecular formula is C38H76NO4+. The number of hydrogen-bond donors (Lipinski definition) is 1. The van der Waals surface area contributed by atoms with Gasteiger partial charge in [0.25, 0.3) is 0 Å². The second kappa shape index (κ2) is 30.9. The van der Waals surface area contributed by atoms with Crippen molar-refractivity contribution >= 4 is 11.9 Å². The van der Waals surface area contributed by atoms with Crippen molar-refractivity contribution < 1.29 is 23.9 Å². The van der Waals surface area contributed by atoms with E-state index in [9.17, 15) is 14.7 Å². The van der Waals surface area contributed by atoms with E-state index in [1.807, 2.05) is 14.1 Å². The quantitative estimate of drug-likeness (QED) is 0.0447. The van der Waals surface area contributed by atoms with Crippen molar-refractivity contribution in [3.8, 4) is 0 Å². The van der Waals surface area contributed by atoms with Gasteiger partial charge in [-0.15, -0.1) is 0 Å². The second-order valence-electron chi connectivity index (χ2n) is 14.2. The predicted molar refractivity (Wildman–Crippen MR) is 185 cm³/mol. The highest BCUT2D eigenvalue weighted by atomic mass is 16.5. The van der Waals surface area contributed by atoms with Crippen molar-refractivity contribution in [3.63, 3.8) is 0 Å². The maximum atomic E-state index is 12.7. The van der Waals surface area contributed by atoms with Crippen LogP contribution in [0, 0.1) is 0 Å². The second-order valence-corrected chi connectivity index (χ2v) is 14.2. The van der Waals surface area contributed by atoms with Gasteiger partial charge in [-0.1, -0.05) is 174 Å². The Morgan fingerprint density at radius 1 is 0.535 bits per heavy atom. The first-order valence-corrected chi connectivity index (χ1v) is 19.0. The van der Waals surface area contributed by atoms with Gasteiger partial charge in [0.1, 0.15) is 6.54 Å². The first kappa shape index (κ1) is 41.9. The average Bonchev–Trinajstić information content (AvgIpc) is 2.94. The fourth-order valence-corrected chi connectivity index (χ4v) is 6.27. The molecule has 0 radical (unpaired) electrons. The molecule has 0 aliphatic rings. The van der Waals surface area contributed by atoms with Crippen LogP contribution in [0.5, 0.6) is 0 Å². The highest BCUT2D eigenvalue weighted by Crippen LogP contribution is 2.17. The highest BCUT2D eigenvalue weighted by molar-refractivity contribution is 5.69. The molecule has 0 saturated heterocycles. The van der Waals surface area contributed by atoms with Crippen LogP contribution in [0.4, 0.5) is 0 Å². The van der Waals surface area contributed by atoms with Crippen LogP contribution in [0.15, 0.2) is 0 Å². The number of unbranched alkanes of at least 4 members (excludes halogenated alkanes) is 25. The van der Waals surface area contributed by atoms with Gasteiger partial charge in [-0.2, -0.15) is 0 Å². The molecule has 0 heterocycles. The summed E-state index contributed by atoms with van der Waals surface area (Å²) in [5.74, 6) is -0.910. The van der Waals surface area contributed by atoms with E-state index in [4.69, 9.17) is 4.74 Å². The molecular weight excluding hydrogens is 534 g/mol. The number of carbonyl (C=O) groups is 2. The van der Waals surface area contributed by atoms with Crippen molar-refractivity contribution in [2.45, 2.75) is 206 Å². The third-order valence-corrected chi connectivity index (χ3v) is 8.92. The number of esters is 1. The number of likely N-dealkylation sites (N-methyl/N-ethyl adjacent to an activating group) is 1. The molecule has 1 N–H and O–H groups in total. The molecule has 0 aliphatic carbocycles. The van der Waals surface area contributed by atoms with E-state index in [1.165, 1.54) is 148 Å². The zero-order valence-electron chi connectivity index (χ0n) is 29.6. The van der Waals surface area contributed by atoms with Gasteiger partial charge in [-0.3, -0.25) is 4.79 Å². The van der Waals surface area contributed by atoms with Gasteiger partial charge in [0.05, 0.1) is 14.1 Å². The lowest BCUT2D eigenvalue weighted by atomic mass is 10.0. The van der Waals surface area contributed by atoms with E-state index in [0.29, 0.717) is 17.4 Å². The van der Waals surface area contributed by atoms with E-state index in [0.717, 1.165) is 32.1 Å². The summed E-state index contributed by atoms with van der Waals surface area (Å²) in [6.45, 7) is 5.16. The number of carbonyl (C=O) groups excluding carboxylic acids is 1. The standard InChI is InChI=1S/C38H75NO4/c1-5-7-9-11-13-15-17-19-20-21-23-25-27-29-31-33-38(42)43-36(34-39(3,4)35-37(40)41)32-30-28-26-24-22-18-16-14-12-10-8-6-2/h36H,5-35H2,1-4H3/p+1. The molecule has 0 aromatic carbocycles. The largest absolute Gasteiger partial charge is 0.477 e. The van der Waals surface area contributed by atoms with Crippen LogP contribution in [0.1, 0.15) is 200 Å². The molecule has 0 aromatic rings. The summed E-state index contributed by atoms with van der Waals surface area (Å²) in [5.41, 5.74) is 0. The summed E-state index contributed by atoms with van der Waals surface area (Å²) < 4.78 is 6.28. The van der Waals surface area contributed by atoms with Crippen molar-refractivity contribution in [2.24, 2.45) is 0 Å². The van der Waals surface area contributed by atoms with Gasteiger partial charge in [0.15, 0.2) is 12.6 Å². The molecule has 0 rings (SSSR count). The smallest absolute Gasteiger partial charge is 0.359 e. The Balaban J connectivity index is 4.02. The molecule has 0 amide bonds. The van der Waals surface area contributed by atoms with Crippen LogP contribution in [0.2, 0.25) is 0 Å². The topological polar surface area (TPSA) is 63.6 Å². The van der Waals surface area contributed by atoms with Crippen molar-refractivity contribution in [1.82, 2.24) is 0 Å². The maximum Gasteiger partial charge on any atom is 0.359 e. The van der Waals surface area contributed by atoms with Crippen molar-refractivity contribution in [3.05, 3.63) is 0 Å². The molecule has 0 spiro atoms. The summed E-state index contributed by atoms with van der Waals surface area (Å²) >= 11 is 0. The van der Waals surface area contributed by atoms with Crippen LogP contribution >= 0.6 is 0 Å². The van der Waals surface area contributed by atoms with E-state index >= 15 is 0 Å². The number of ether oxygens (including phenoxy) is 1. The average molecular weight is 611 g/mol. The summed E-state index contributed by atoms with van der Waals surface area (Å²) in [6, 6.07) is 0. The molecule has 1 unspecified atom stereocenters. The lowest BCUT2D eigenvalue weighted by molar-refractivity contribution is -0.886. The fourth-order valence-electron chi connectivity index (χ4n) is 6.27. The lowest BCUT2D eigenvalue weighted by Crippen LogP contribution is -2.49. The van der Waals surface area contributed by atoms with Crippen LogP contribution in [-0.4, -0.2) is 54.8 Å². The number of rotatable bonds is 34. The van der Waals surface area contributed by atoms with Gasteiger partial charge in [0, 0.05) is 6.42 Å². The Morgan fingerprint density at radius 3 is 1.21 bits per heavy atom. The SMILES string of the molecule is CCCCCCCCCCCCCCCCCC(=O)OC(CCCCCCCCCCCCCC)C[N+](C)(C)CC(=O)O. The Bertz CT molecular complexity index is 621. The van der Waals surface area contributed by atoms with Gasteiger partial charge < -0.3 is 14.3 Å². The van der Waals surface area contributed by atoms with Gasteiger partial charge in [-0.05, 0) is 19.3 Å². The van der Waals surface area contributed by atoms with Crippen LogP contribution < -0.4 is 0 Å². The fraction of sp³-hybridized carbons (Fsp3) is 0.947. The molecule has 5 nitrogen and oxygen atoms in total. The number of carboxylic acids is 1. The molecule has 0 aliphatic heterocycles. The third-order valence-electron chi connectivity index (χ3n) is 8.92. The molecule has 5 heteroatoms. The summed E-state index contributed by atoms with van der Waals surface area (Å²) in [5, 5.41) is 9.31. The van der Waals surface area contributed by atoms with E-state index < -0.39 is 5.97 Å². The summed E-state index contributed by atoms with van der Waals surface area (Å²) in [6.07, 6.45) is 36.5. The van der Waals surface area contributed by atoms with Gasteiger partial charge >= 0.3 is 11.9 Å². The monoisotopic (exact) mass is 611 g/mol. The molecule has 256 valence electrons. The maximum absolute atomic E-state index is 12.7. The molecule has 0 bridgehead atoms. The van der Waals surface area contributed by atoms with Crippen molar-refractivity contribution in [2.75, 3.05) is 27.2 Å². The molecule has 0 aromatic heterocycles. The normalized spacial score (nSPS) is 12.5. The number of hydrogen-bond acceptors (Lipinski definition) is 3. The number of nitrogens with zero attached hydrogens (tertiary/aromatic N) is 1. The van der Waals surface area contributed by atoms with Gasteiger partial charge in [0.2, 0.25) is 0 Å². The predicted octanol–water partition coefficient (Wildman–Crippen LogP) is 11.4. The summed E-state index contributed by atoms with van der Waals surface area (Å²) in [7, 11) is 3.84. The first-order chi connectivity index (χ1) is 20.8. The van der Waals surface area contributed by atoms with E-state index in [2.05, 4.69) is 13.8 Å². The Kier molecular flexibility index (Phi) is 30.1. The Morgan fingerprint density at radius 2 is 0.860 bits per heavy atom. The Labute approximate surface area is 268 Å². The lowest BCUT2D eigenvalue weighted by Gasteiger charge is -2.31. The minimum absolute atomic E-state index is 0.0472. The zero-order chi connectivity index (χ0) is 31.9. The molecule has 43 heavy (non-hydrogen) atoms. The van der Waals surface area contributed by atoms with Crippen LogP contribution in [0.3, 0.4) is 0 Å². The number of carboxylic acid groups (broad SMARTS) is 1. The van der Waals surface area contributed by atoms with E-state index in [-0.39, 0.29) is 18.6 Å². The van der Waals surface area contributed by atoms with Crippen molar-refractivity contribution in [1.29, 1.82) is 0 Å². The summed E-state index contributed by atoms with van der Waals surface area (Å²) in [4.78, 5) is 24.0. The van der Waals surface area contributed by atoms with Crippen LogP contribution in [-0.2, 0) is 14.3 Å². The zero-order valence-corrected chi connectivity index (χ0v) is 29.6. The number of quaternary nitrogens is 1. The minimum atomic E-state index is -0.807. The van der Waals surface area contributed by atoms with E-state index in [1.54, 1.807) is 0 Å². The minimum Gasteiger partial charge on any atom is -0.477 e.